The minimum atomic E-state index is -0.462. The molecule has 1 aliphatic heterocycles. The molecular formula is C20H21N5O3S. The summed E-state index contributed by atoms with van der Waals surface area (Å²) in [6.07, 6.45) is 4.07. The molecule has 3 aromatic rings. The van der Waals surface area contributed by atoms with Gasteiger partial charge in [0.05, 0.1) is 24.7 Å². The van der Waals surface area contributed by atoms with Gasteiger partial charge in [-0.2, -0.15) is 5.10 Å². The summed E-state index contributed by atoms with van der Waals surface area (Å²) in [6, 6.07) is 3.84. The number of hydrogen-bond donors (Lipinski definition) is 0. The molecule has 150 valence electrons. The van der Waals surface area contributed by atoms with Gasteiger partial charge in [0, 0.05) is 42.0 Å². The van der Waals surface area contributed by atoms with Gasteiger partial charge in [0.15, 0.2) is 5.69 Å². The summed E-state index contributed by atoms with van der Waals surface area (Å²) in [4.78, 5) is 35.4. The monoisotopic (exact) mass is 411 g/mol. The Morgan fingerprint density at radius 1 is 1.28 bits per heavy atom. The van der Waals surface area contributed by atoms with Crippen LogP contribution in [0.3, 0.4) is 0 Å². The highest BCUT2D eigenvalue weighted by Crippen LogP contribution is 2.25. The lowest BCUT2D eigenvalue weighted by molar-refractivity contribution is 0.0513. The fraction of sp³-hybridized carbons (Fsp3) is 0.350. The van der Waals surface area contributed by atoms with Crippen molar-refractivity contribution in [3.63, 3.8) is 0 Å². The van der Waals surface area contributed by atoms with Gasteiger partial charge in [0.25, 0.3) is 5.91 Å². The fourth-order valence-electron chi connectivity index (χ4n) is 3.44. The van der Waals surface area contributed by atoms with Crippen LogP contribution < -0.4 is 0 Å². The van der Waals surface area contributed by atoms with Gasteiger partial charge in [-0.1, -0.05) is 0 Å². The van der Waals surface area contributed by atoms with Crippen molar-refractivity contribution in [1.82, 2.24) is 24.6 Å². The average molecular weight is 411 g/mol. The third-order valence-electron chi connectivity index (χ3n) is 4.81. The molecule has 0 aromatic carbocycles. The molecule has 0 aliphatic carbocycles. The molecular weight excluding hydrogens is 390 g/mol. The molecule has 4 rings (SSSR count). The van der Waals surface area contributed by atoms with Gasteiger partial charge in [-0.25, -0.2) is 9.78 Å². The maximum atomic E-state index is 12.8. The molecule has 8 nitrogen and oxygen atoms in total. The molecule has 1 amide bonds. The summed E-state index contributed by atoms with van der Waals surface area (Å²) in [7, 11) is 0. The SMILES string of the molecule is CCOC(=O)c1nn(Cc2ccncc2)c2c1CN(C(=O)c1csc(C)n1)CC2. The minimum Gasteiger partial charge on any atom is -0.461 e. The van der Waals surface area contributed by atoms with E-state index in [2.05, 4.69) is 15.1 Å². The molecule has 0 fully saturated rings. The number of carbonyl (C=O) groups excluding carboxylic acids is 2. The van der Waals surface area contributed by atoms with Crippen molar-refractivity contribution < 1.29 is 14.3 Å². The third kappa shape index (κ3) is 3.91. The highest BCUT2D eigenvalue weighted by molar-refractivity contribution is 7.09. The van der Waals surface area contributed by atoms with Crippen LogP contribution in [0.1, 0.15) is 49.7 Å². The van der Waals surface area contributed by atoms with E-state index in [0.717, 1.165) is 21.8 Å². The smallest absolute Gasteiger partial charge is 0.359 e. The van der Waals surface area contributed by atoms with Crippen LogP contribution in [0.25, 0.3) is 0 Å². The van der Waals surface area contributed by atoms with Crippen molar-refractivity contribution in [3.8, 4) is 0 Å². The average Bonchev–Trinajstić information content (AvgIpc) is 3.32. The summed E-state index contributed by atoms with van der Waals surface area (Å²) in [5, 5.41) is 7.17. The molecule has 3 aromatic heterocycles. The van der Waals surface area contributed by atoms with E-state index in [0.29, 0.717) is 31.7 Å². The number of esters is 1. The molecule has 0 bridgehead atoms. The van der Waals surface area contributed by atoms with Crippen LogP contribution in [0, 0.1) is 6.92 Å². The van der Waals surface area contributed by atoms with Crippen molar-refractivity contribution in [3.05, 3.63) is 63.1 Å². The Balaban J connectivity index is 1.65. The van der Waals surface area contributed by atoms with Crippen LogP contribution >= 0.6 is 11.3 Å². The Morgan fingerprint density at radius 2 is 2.07 bits per heavy atom. The molecule has 0 unspecified atom stereocenters. The molecule has 9 heteroatoms. The number of aromatic nitrogens is 4. The van der Waals surface area contributed by atoms with Gasteiger partial charge in [-0.05, 0) is 31.5 Å². The van der Waals surface area contributed by atoms with E-state index >= 15 is 0 Å². The van der Waals surface area contributed by atoms with E-state index in [1.54, 1.807) is 29.6 Å². The van der Waals surface area contributed by atoms with Crippen molar-refractivity contribution in [2.24, 2.45) is 0 Å². The van der Waals surface area contributed by atoms with E-state index in [1.165, 1.54) is 11.3 Å². The largest absolute Gasteiger partial charge is 0.461 e. The Hall–Kier alpha value is -3.07. The third-order valence-corrected chi connectivity index (χ3v) is 5.58. The first-order valence-electron chi connectivity index (χ1n) is 9.42. The number of fused-ring (bicyclic) bond motifs is 1. The molecule has 29 heavy (non-hydrogen) atoms. The Labute approximate surface area is 172 Å². The second kappa shape index (κ2) is 8.12. The topological polar surface area (TPSA) is 90.2 Å². The van der Waals surface area contributed by atoms with Crippen LogP contribution in [-0.4, -0.2) is 49.7 Å². The Morgan fingerprint density at radius 3 is 2.76 bits per heavy atom. The van der Waals surface area contributed by atoms with Crippen LogP contribution in [0.4, 0.5) is 0 Å². The summed E-state index contributed by atoms with van der Waals surface area (Å²) in [5.74, 6) is -0.590. The standard InChI is InChI=1S/C20H21N5O3S/c1-3-28-20(27)18-15-11-24(19(26)16-12-29-13(2)22-16)9-6-17(15)25(23-18)10-14-4-7-21-8-5-14/h4-5,7-8,12H,3,6,9-11H2,1-2H3. The second-order valence-electron chi connectivity index (χ2n) is 6.74. The summed E-state index contributed by atoms with van der Waals surface area (Å²) >= 11 is 1.45. The summed E-state index contributed by atoms with van der Waals surface area (Å²) in [5.41, 5.74) is 3.48. The van der Waals surface area contributed by atoms with Crippen LogP contribution in [0.15, 0.2) is 29.9 Å². The maximum absolute atomic E-state index is 12.8. The molecule has 0 radical (unpaired) electrons. The van der Waals surface area contributed by atoms with Crippen molar-refractivity contribution in [2.75, 3.05) is 13.2 Å². The number of thiazole rings is 1. The number of pyridine rings is 1. The number of nitrogens with zero attached hydrogens (tertiary/aromatic N) is 5. The predicted octanol–water partition coefficient (Wildman–Crippen LogP) is 2.47. The number of ether oxygens (including phenoxy) is 1. The zero-order valence-corrected chi connectivity index (χ0v) is 17.1. The number of carbonyl (C=O) groups is 2. The van der Waals surface area contributed by atoms with Gasteiger partial charge in [0.1, 0.15) is 5.69 Å². The summed E-state index contributed by atoms with van der Waals surface area (Å²) in [6.45, 7) is 5.30. The highest BCUT2D eigenvalue weighted by atomic mass is 32.1. The Bertz CT molecular complexity index is 1040. The molecule has 0 saturated heterocycles. The van der Waals surface area contributed by atoms with E-state index in [1.807, 2.05) is 23.7 Å². The minimum absolute atomic E-state index is 0.128. The first-order chi connectivity index (χ1) is 14.1. The second-order valence-corrected chi connectivity index (χ2v) is 7.80. The molecule has 0 spiro atoms. The van der Waals surface area contributed by atoms with Crippen molar-refractivity contribution >= 4 is 23.2 Å². The van der Waals surface area contributed by atoms with Gasteiger partial charge in [0.2, 0.25) is 0 Å². The summed E-state index contributed by atoms with van der Waals surface area (Å²) < 4.78 is 7.04. The first-order valence-corrected chi connectivity index (χ1v) is 10.3. The molecule has 4 heterocycles. The molecule has 0 N–H and O–H groups in total. The quantitative estimate of drug-likeness (QED) is 0.599. The fourth-order valence-corrected chi connectivity index (χ4v) is 4.03. The van der Waals surface area contributed by atoms with Crippen LogP contribution in [0.5, 0.6) is 0 Å². The van der Waals surface area contributed by atoms with Gasteiger partial charge in [-0.3, -0.25) is 14.5 Å². The number of rotatable bonds is 5. The molecule has 0 atom stereocenters. The lowest BCUT2D eigenvalue weighted by Gasteiger charge is -2.27. The first kappa shape index (κ1) is 19.3. The van der Waals surface area contributed by atoms with Gasteiger partial charge >= 0.3 is 5.97 Å². The molecule has 1 aliphatic rings. The number of amides is 1. The normalized spacial score (nSPS) is 13.2. The Kier molecular flexibility index (Phi) is 5.39. The van der Waals surface area contributed by atoms with E-state index in [4.69, 9.17) is 4.74 Å². The van der Waals surface area contributed by atoms with E-state index in [-0.39, 0.29) is 18.2 Å². The maximum Gasteiger partial charge on any atom is 0.359 e. The molecule has 0 saturated carbocycles. The zero-order valence-electron chi connectivity index (χ0n) is 16.3. The predicted molar refractivity (Wildman–Crippen MR) is 107 cm³/mol. The van der Waals surface area contributed by atoms with Crippen molar-refractivity contribution in [2.45, 2.75) is 33.4 Å². The zero-order chi connectivity index (χ0) is 20.4. The van der Waals surface area contributed by atoms with Gasteiger partial charge in [-0.15, -0.1) is 11.3 Å². The lowest BCUT2D eigenvalue weighted by atomic mass is 10.0. The van der Waals surface area contributed by atoms with Gasteiger partial charge < -0.3 is 9.64 Å². The van der Waals surface area contributed by atoms with Crippen LogP contribution in [-0.2, 0) is 24.2 Å². The number of aryl methyl sites for hydroxylation is 1. The number of hydrogen-bond acceptors (Lipinski definition) is 7. The lowest BCUT2D eigenvalue weighted by Crippen LogP contribution is -2.37. The van der Waals surface area contributed by atoms with E-state index in [9.17, 15) is 9.59 Å². The van der Waals surface area contributed by atoms with Crippen molar-refractivity contribution in [1.29, 1.82) is 0 Å². The van der Waals surface area contributed by atoms with Crippen LogP contribution in [0.2, 0.25) is 0 Å². The van der Waals surface area contributed by atoms with E-state index < -0.39 is 5.97 Å². The highest BCUT2D eigenvalue weighted by Gasteiger charge is 2.31.